The molecule has 1 rings (SSSR count). The average Bonchev–Trinajstić information content (AvgIpc) is 2.28. The zero-order valence-electron chi connectivity index (χ0n) is 11.5. The number of nitrogens with zero attached hydrogens (tertiary/aromatic N) is 2. The van der Waals surface area contributed by atoms with Crippen LogP contribution >= 0.6 is 0 Å². The standard InChI is InChI=1S/C13H22N2O3/c1-12(2,14(5)16)10-7-6-8-11(9-10)13(3,4)15(17)18/h6-9,16-18H,1-5H3. The quantitative estimate of drug-likeness (QED) is 0.721. The fourth-order valence-electron chi connectivity index (χ4n) is 1.58. The Morgan fingerprint density at radius 3 is 1.72 bits per heavy atom. The van der Waals surface area contributed by atoms with Gasteiger partial charge >= 0.3 is 0 Å². The van der Waals surface area contributed by atoms with E-state index < -0.39 is 11.1 Å². The van der Waals surface area contributed by atoms with Crippen molar-refractivity contribution in [3.05, 3.63) is 35.4 Å². The summed E-state index contributed by atoms with van der Waals surface area (Å²) in [5.74, 6) is 0. The van der Waals surface area contributed by atoms with E-state index in [-0.39, 0.29) is 5.23 Å². The van der Waals surface area contributed by atoms with Crippen LogP contribution in [0.1, 0.15) is 38.8 Å². The van der Waals surface area contributed by atoms with Crippen molar-refractivity contribution in [2.24, 2.45) is 0 Å². The largest absolute Gasteiger partial charge is 0.313 e. The number of hydroxylamine groups is 4. The van der Waals surface area contributed by atoms with Gasteiger partial charge in [0, 0.05) is 7.05 Å². The van der Waals surface area contributed by atoms with Crippen molar-refractivity contribution < 1.29 is 15.6 Å². The van der Waals surface area contributed by atoms with Crippen LogP contribution in [-0.4, -0.2) is 33.0 Å². The molecule has 5 heteroatoms. The van der Waals surface area contributed by atoms with E-state index in [2.05, 4.69) is 0 Å². The highest BCUT2D eigenvalue weighted by Crippen LogP contribution is 2.31. The molecular weight excluding hydrogens is 232 g/mol. The van der Waals surface area contributed by atoms with Crippen LogP contribution in [-0.2, 0) is 11.1 Å². The minimum atomic E-state index is -0.917. The molecule has 0 saturated carbocycles. The summed E-state index contributed by atoms with van der Waals surface area (Å²) < 4.78 is 0. The Morgan fingerprint density at radius 2 is 1.33 bits per heavy atom. The number of hydrogen-bond donors (Lipinski definition) is 3. The van der Waals surface area contributed by atoms with Gasteiger partial charge in [0.2, 0.25) is 0 Å². The van der Waals surface area contributed by atoms with E-state index in [1.165, 1.54) is 0 Å². The molecule has 0 unspecified atom stereocenters. The fraction of sp³-hybridized carbons (Fsp3) is 0.538. The lowest BCUT2D eigenvalue weighted by Crippen LogP contribution is -2.38. The van der Waals surface area contributed by atoms with E-state index in [4.69, 9.17) is 0 Å². The van der Waals surface area contributed by atoms with Crippen molar-refractivity contribution in [1.82, 2.24) is 10.3 Å². The van der Waals surface area contributed by atoms with Crippen LogP contribution in [0.3, 0.4) is 0 Å². The normalized spacial score (nSPS) is 13.4. The Hall–Kier alpha value is -0.980. The van der Waals surface area contributed by atoms with E-state index in [0.717, 1.165) is 16.2 Å². The molecule has 1 aromatic rings. The highest BCUT2D eigenvalue weighted by molar-refractivity contribution is 5.32. The van der Waals surface area contributed by atoms with Crippen molar-refractivity contribution >= 4 is 0 Å². The van der Waals surface area contributed by atoms with Gasteiger partial charge in [-0.15, -0.1) is 0 Å². The first-order valence-electron chi connectivity index (χ1n) is 5.82. The first-order chi connectivity index (χ1) is 8.10. The summed E-state index contributed by atoms with van der Waals surface area (Å²) in [4.78, 5) is 0. The predicted octanol–water partition coefficient (Wildman–Crippen LogP) is 2.56. The second-order valence-electron chi connectivity index (χ2n) is 5.51. The maximum Gasteiger partial charge on any atom is 0.0925 e. The lowest BCUT2D eigenvalue weighted by Gasteiger charge is -2.34. The molecule has 0 heterocycles. The molecule has 0 radical (unpaired) electrons. The topological polar surface area (TPSA) is 67.2 Å². The third-order valence-electron chi connectivity index (χ3n) is 3.58. The van der Waals surface area contributed by atoms with E-state index in [1.807, 2.05) is 38.1 Å². The Kier molecular flexibility index (Phi) is 4.15. The van der Waals surface area contributed by atoms with E-state index >= 15 is 0 Å². The minimum absolute atomic E-state index is 0.196. The number of hydrogen-bond acceptors (Lipinski definition) is 5. The zero-order chi connectivity index (χ0) is 14.1. The van der Waals surface area contributed by atoms with Gasteiger partial charge in [-0.05, 0) is 38.8 Å². The summed E-state index contributed by atoms with van der Waals surface area (Å²) in [6.45, 7) is 7.16. The molecule has 0 aliphatic rings. The molecule has 0 amide bonds. The van der Waals surface area contributed by atoms with Crippen LogP contribution < -0.4 is 0 Å². The summed E-state index contributed by atoms with van der Waals surface area (Å²) in [7, 11) is 1.59. The highest BCUT2D eigenvalue weighted by atomic mass is 16.8. The van der Waals surface area contributed by atoms with Crippen LogP contribution in [0.4, 0.5) is 0 Å². The van der Waals surface area contributed by atoms with Crippen molar-refractivity contribution in [2.75, 3.05) is 7.05 Å². The number of rotatable bonds is 4. The fourth-order valence-corrected chi connectivity index (χ4v) is 1.58. The Morgan fingerprint density at radius 1 is 0.889 bits per heavy atom. The third-order valence-corrected chi connectivity index (χ3v) is 3.58. The molecule has 0 fully saturated rings. The molecule has 0 spiro atoms. The summed E-state index contributed by atoms with van der Waals surface area (Å²) in [6, 6.07) is 7.40. The van der Waals surface area contributed by atoms with Crippen molar-refractivity contribution in [3.8, 4) is 0 Å². The minimum Gasteiger partial charge on any atom is -0.313 e. The van der Waals surface area contributed by atoms with Crippen molar-refractivity contribution in [2.45, 2.75) is 38.8 Å². The van der Waals surface area contributed by atoms with Crippen molar-refractivity contribution in [1.29, 1.82) is 0 Å². The first-order valence-corrected chi connectivity index (χ1v) is 5.82. The van der Waals surface area contributed by atoms with Crippen LogP contribution in [0, 0.1) is 0 Å². The molecule has 0 saturated heterocycles. The Balaban J connectivity index is 3.23. The summed E-state index contributed by atoms with van der Waals surface area (Å²) in [6.07, 6.45) is 0. The Bertz CT molecular complexity index is 379. The first kappa shape index (κ1) is 15.1. The van der Waals surface area contributed by atoms with Gasteiger partial charge in [0.25, 0.3) is 0 Å². The molecule has 3 N–H and O–H groups in total. The monoisotopic (exact) mass is 254 g/mol. The maximum atomic E-state index is 9.66. The molecular formula is C13H22N2O3. The van der Waals surface area contributed by atoms with Gasteiger partial charge in [-0.2, -0.15) is 5.06 Å². The van der Waals surface area contributed by atoms with Crippen LogP contribution in [0.15, 0.2) is 24.3 Å². The molecule has 5 nitrogen and oxygen atoms in total. The van der Waals surface area contributed by atoms with Gasteiger partial charge in [-0.25, -0.2) is 0 Å². The molecule has 102 valence electrons. The second-order valence-corrected chi connectivity index (χ2v) is 5.51. The maximum absolute atomic E-state index is 9.66. The predicted molar refractivity (Wildman–Crippen MR) is 67.5 cm³/mol. The SMILES string of the molecule is CN(O)C(C)(C)c1cccc(C(C)(C)N(O)O)c1. The van der Waals surface area contributed by atoms with Gasteiger partial charge in [0.05, 0.1) is 11.1 Å². The summed E-state index contributed by atoms with van der Waals surface area (Å²) in [5.41, 5.74) is 0.168. The third kappa shape index (κ3) is 2.71. The van der Waals surface area contributed by atoms with E-state index in [0.29, 0.717) is 0 Å². The smallest absolute Gasteiger partial charge is 0.0925 e. The molecule has 18 heavy (non-hydrogen) atoms. The molecule has 0 aliphatic carbocycles. The molecule has 1 aromatic carbocycles. The summed E-state index contributed by atoms with van der Waals surface area (Å²) >= 11 is 0. The summed E-state index contributed by atoms with van der Waals surface area (Å²) in [5, 5.41) is 29.5. The van der Waals surface area contributed by atoms with E-state index in [1.54, 1.807) is 20.9 Å². The lowest BCUT2D eigenvalue weighted by molar-refractivity contribution is -0.360. The molecule has 0 aliphatic heterocycles. The number of benzene rings is 1. The van der Waals surface area contributed by atoms with Gasteiger partial charge in [-0.3, -0.25) is 10.4 Å². The lowest BCUT2D eigenvalue weighted by atomic mass is 9.87. The van der Waals surface area contributed by atoms with Gasteiger partial charge in [0.1, 0.15) is 0 Å². The molecule has 0 aromatic heterocycles. The second kappa shape index (κ2) is 4.95. The Labute approximate surface area is 108 Å². The van der Waals surface area contributed by atoms with Crippen LogP contribution in [0.25, 0.3) is 0 Å². The van der Waals surface area contributed by atoms with Gasteiger partial charge in [0.15, 0.2) is 0 Å². The van der Waals surface area contributed by atoms with Gasteiger partial charge in [-0.1, -0.05) is 29.5 Å². The van der Waals surface area contributed by atoms with Crippen LogP contribution in [0.5, 0.6) is 0 Å². The van der Waals surface area contributed by atoms with Gasteiger partial charge < -0.3 is 5.21 Å². The van der Waals surface area contributed by atoms with Crippen molar-refractivity contribution in [3.63, 3.8) is 0 Å². The molecule has 0 atom stereocenters. The zero-order valence-corrected chi connectivity index (χ0v) is 11.5. The molecule has 0 bridgehead atoms. The highest BCUT2D eigenvalue weighted by Gasteiger charge is 2.30. The van der Waals surface area contributed by atoms with E-state index in [9.17, 15) is 15.6 Å². The van der Waals surface area contributed by atoms with Crippen LogP contribution in [0.2, 0.25) is 0 Å². The average molecular weight is 254 g/mol.